The number of Topliss-reactive ketones (excluding diaryl/α,β-unsaturated/α-hetero) is 1. The molecule has 1 atom stereocenters. The van der Waals surface area contributed by atoms with Crippen molar-refractivity contribution in [2.45, 2.75) is 33.2 Å². The van der Waals surface area contributed by atoms with E-state index in [9.17, 15) is 4.79 Å². The van der Waals surface area contributed by atoms with Gasteiger partial charge in [-0.05, 0) is 49.6 Å². The summed E-state index contributed by atoms with van der Waals surface area (Å²) in [6.07, 6.45) is 2.51. The van der Waals surface area contributed by atoms with Crippen LogP contribution in [0.15, 0.2) is 42.6 Å². The summed E-state index contributed by atoms with van der Waals surface area (Å²) in [5.41, 5.74) is 4.58. The Hall–Kier alpha value is -2.20. The van der Waals surface area contributed by atoms with Crippen LogP contribution in [0.2, 0.25) is 0 Å². The van der Waals surface area contributed by atoms with Crippen LogP contribution in [0.3, 0.4) is 0 Å². The van der Waals surface area contributed by atoms with Crippen LogP contribution in [0.4, 0.5) is 5.69 Å². The first-order valence-electron chi connectivity index (χ1n) is 9.12. The third-order valence-electron chi connectivity index (χ3n) is 5.28. The monoisotopic (exact) mass is 337 g/mol. The van der Waals surface area contributed by atoms with Gasteiger partial charge < -0.3 is 4.90 Å². The molecule has 2 aromatic rings. The number of ketones is 1. The minimum absolute atomic E-state index is 0.0735. The Morgan fingerprint density at radius 1 is 1.08 bits per heavy atom. The maximum atomic E-state index is 12.8. The van der Waals surface area contributed by atoms with E-state index < -0.39 is 0 Å². The molecule has 0 radical (unpaired) electrons. The molecule has 0 N–H and O–H groups in total. The molecule has 2 heterocycles. The number of aromatic nitrogens is 1. The summed E-state index contributed by atoms with van der Waals surface area (Å²) < 4.78 is 0. The van der Waals surface area contributed by atoms with Crippen molar-refractivity contribution in [1.82, 2.24) is 9.88 Å². The number of benzene rings is 1. The number of piperazine rings is 1. The third kappa shape index (κ3) is 3.74. The van der Waals surface area contributed by atoms with E-state index in [1.165, 1.54) is 16.8 Å². The van der Waals surface area contributed by atoms with Crippen molar-refractivity contribution in [3.63, 3.8) is 0 Å². The van der Waals surface area contributed by atoms with E-state index in [2.05, 4.69) is 53.8 Å². The summed E-state index contributed by atoms with van der Waals surface area (Å²) in [5, 5.41) is 0. The molecule has 4 heteroatoms. The lowest BCUT2D eigenvalue weighted by Crippen LogP contribution is -2.52. The molecular weight excluding hydrogens is 310 g/mol. The molecular formula is C21H27N3O. The highest BCUT2D eigenvalue weighted by molar-refractivity contribution is 5.98. The third-order valence-corrected chi connectivity index (χ3v) is 5.28. The fraction of sp³-hybridized carbons (Fsp3) is 0.429. The second-order valence-corrected chi connectivity index (χ2v) is 6.75. The van der Waals surface area contributed by atoms with Crippen LogP contribution in [0.5, 0.6) is 0 Å². The number of nitrogens with zero attached hydrogens (tertiary/aromatic N) is 3. The first-order chi connectivity index (χ1) is 12.1. The van der Waals surface area contributed by atoms with Gasteiger partial charge in [-0.2, -0.15) is 0 Å². The van der Waals surface area contributed by atoms with Crippen molar-refractivity contribution < 1.29 is 4.79 Å². The smallest absolute Gasteiger partial charge is 0.198 e. The van der Waals surface area contributed by atoms with E-state index in [0.717, 1.165) is 32.6 Å². The summed E-state index contributed by atoms with van der Waals surface area (Å²) in [5.74, 6) is 0.142. The molecule has 1 saturated heterocycles. The number of pyridine rings is 1. The second kappa shape index (κ2) is 7.79. The van der Waals surface area contributed by atoms with Gasteiger partial charge in [0, 0.05) is 38.1 Å². The highest BCUT2D eigenvalue weighted by atomic mass is 16.1. The maximum Gasteiger partial charge on any atom is 0.198 e. The van der Waals surface area contributed by atoms with Crippen LogP contribution < -0.4 is 4.90 Å². The fourth-order valence-electron chi connectivity index (χ4n) is 3.64. The quantitative estimate of drug-likeness (QED) is 0.783. The lowest BCUT2D eigenvalue weighted by atomic mass is 10.0. The van der Waals surface area contributed by atoms with Crippen molar-refractivity contribution in [2.75, 3.05) is 31.1 Å². The first-order valence-corrected chi connectivity index (χ1v) is 9.12. The molecule has 1 aromatic heterocycles. The minimum Gasteiger partial charge on any atom is -0.369 e. The van der Waals surface area contributed by atoms with Crippen molar-refractivity contribution in [3.8, 4) is 0 Å². The summed E-state index contributed by atoms with van der Waals surface area (Å²) in [6, 6.07) is 12.0. The zero-order valence-corrected chi connectivity index (χ0v) is 15.4. The summed E-state index contributed by atoms with van der Waals surface area (Å²) >= 11 is 0. The first kappa shape index (κ1) is 17.6. The molecule has 132 valence electrons. The predicted molar refractivity (Wildman–Crippen MR) is 102 cm³/mol. The van der Waals surface area contributed by atoms with Gasteiger partial charge in [0.25, 0.3) is 0 Å². The molecule has 0 spiro atoms. The fourth-order valence-corrected chi connectivity index (χ4v) is 3.64. The van der Waals surface area contributed by atoms with Gasteiger partial charge in [-0.1, -0.05) is 25.1 Å². The Labute approximate surface area is 150 Å². The van der Waals surface area contributed by atoms with Gasteiger partial charge in [-0.15, -0.1) is 0 Å². The van der Waals surface area contributed by atoms with Gasteiger partial charge >= 0.3 is 0 Å². The average Bonchev–Trinajstić information content (AvgIpc) is 2.66. The molecule has 0 saturated carbocycles. The molecule has 1 aliphatic rings. The van der Waals surface area contributed by atoms with Crippen LogP contribution in [0.25, 0.3) is 0 Å². The Morgan fingerprint density at radius 3 is 2.48 bits per heavy atom. The summed E-state index contributed by atoms with van der Waals surface area (Å²) in [7, 11) is 0. The Kier molecular flexibility index (Phi) is 5.49. The lowest BCUT2D eigenvalue weighted by molar-refractivity contribution is 0.0796. The van der Waals surface area contributed by atoms with Crippen LogP contribution >= 0.6 is 0 Å². The second-order valence-electron chi connectivity index (χ2n) is 6.75. The summed E-state index contributed by atoms with van der Waals surface area (Å²) in [4.78, 5) is 21.8. The van der Waals surface area contributed by atoms with Crippen LogP contribution in [-0.2, 0) is 0 Å². The maximum absolute atomic E-state index is 12.8. The molecule has 1 fully saturated rings. The minimum atomic E-state index is -0.0735. The molecule has 0 bridgehead atoms. The lowest BCUT2D eigenvalue weighted by Gasteiger charge is -2.40. The van der Waals surface area contributed by atoms with Crippen molar-refractivity contribution in [3.05, 3.63) is 59.4 Å². The number of carbonyl (C=O) groups excluding carboxylic acids is 1. The van der Waals surface area contributed by atoms with Gasteiger partial charge in [-0.25, -0.2) is 0 Å². The largest absolute Gasteiger partial charge is 0.369 e. The molecule has 1 aromatic carbocycles. The molecule has 25 heavy (non-hydrogen) atoms. The summed E-state index contributed by atoms with van der Waals surface area (Å²) in [6.45, 7) is 10.2. The molecule has 0 amide bonds. The standard InChI is InChI=1S/C21H27N3O/c1-4-19(21(25)18-9-5-6-11-22-18)23-12-14-24(15-13-23)20-10-7-8-16(2)17(20)3/h5-11,19H,4,12-15H2,1-3H3. The number of rotatable bonds is 5. The normalized spacial score (nSPS) is 16.7. The molecule has 3 rings (SSSR count). The topological polar surface area (TPSA) is 36.4 Å². The van der Waals surface area contributed by atoms with E-state index >= 15 is 0 Å². The average molecular weight is 337 g/mol. The zero-order valence-electron chi connectivity index (χ0n) is 15.4. The Balaban J connectivity index is 1.68. The van der Waals surface area contributed by atoms with Gasteiger partial charge in [0.15, 0.2) is 5.78 Å². The Morgan fingerprint density at radius 2 is 1.84 bits per heavy atom. The highest BCUT2D eigenvalue weighted by Gasteiger charge is 2.29. The highest BCUT2D eigenvalue weighted by Crippen LogP contribution is 2.24. The number of hydrogen-bond donors (Lipinski definition) is 0. The van der Waals surface area contributed by atoms with Crippen LogP contribution in [0, 0.1) is 13.8 Å². The number of hydrogen-bond acceptors (Lipinski definition) is 4. The molecule has 4 nitrogen and oxygen atoms in total. The van der Waals surface area contributed by atoms with Crippen LogP contribution in [0.1, 0.15) is 35.0 Å². The predicted octanol–water partition coefficient (Wildman–Crippen LogP) is 3.48. The van der Waals surface area contributed by atoms with Crippen molar-refractivity contribution >= 4 is 11.5 Å². The van der Waals surface area contributed by atoms with Crippen molar-refractivity contribution in [2.24, 2.45) is 0 Å². The number of aryl methyl sites for hydroxylation is 1. The molecule has 1 unspecified atom stereocenters. The SMILES string of the molecule is CCC(C(=O)c1ccccn1)N1CCN(c2cccc(C)c2C)CC1. The van der Waals surface area contributed by atoms with Crippen molar-refractivity contribution in [1.29, 1.82) is 0 Å². The van der Waals surface area contributed by atoms with Gasteiger partial charge in [-0.3, -0.25) is 14.7 Å². The van der Waals surface area contributed by atoms with E-state index in [1.807, 2.05) is 18.2 Å². The molecule has 1 aliphatic heterocycles. The number of anilines is 1. The van der Waals surface area contributed by atoms with E-state index in [1.54, 1.807) is 6.20 Å². The van der Waals surface area contributed by atoms with E-state index in [4.69, 9.17) is 0 Å². The number of carbonyl (C=O) groups is 1. The van der Waals surface area contributed by atoms with E-state index in [-0.39, 0.29) is 11.8 Å². The zero-order chi connectivity index (χ0) is 17.8. The van der Waals surface area contributed by atoms with E-state index in [0.29, 0.717) is 5.69 Å². The van der Waals surface area contributed by atoms with Gasteiger partial charge in [0.05, 0.1) is 6.04 Å². The van der Waals surface area contributed by atoms with Gasteiger partial charge in [0.2, 0.25) is 0 Å². The molecule has 0 aliphatic carbocycles. The van der Waals surface area contributed by atoms with Crippen LogP contribution in [-0.4, -0.2) is 47.9 Å². The van der Waals surface area contributed by atoms with Gasteiger partial charge in [0.1, 0.15) is 5.69 Å². The Bertz CT molecular complexity index is 721.